The first-order valence-electron chi connectivity index (χ1n) is 42.9. The molecule has 0 unspecified atom stereocenters. The topological polar surface area (TPSA) is 730 Å². The van der Waals surface area contributed by atoms with Crippen LogP contribution in [0.1, 0.15) is 137 Å². The van der Waals surface area contributed by atoms with Crippen LogP contribution in [0, 0.1) is 0 Å². The molecule has 6 aromatic rings. The Kier molecular flexibility index (Phi) is 44.0. The van der Waals surface area contributed by atoms with Crippen LogP contribution in [0.5, 0.6) is 34.5 Å². The van der Waals surface area contributed by atoms with Gasteiger partial charge in [0.1, 0.15) is 107 Å². The van der Waals surface area contributed by atoms with Gasteiger partial charge in [0.15, 0.2) is 0 Å². The molecule has 0 aliphatic carbocycles. The van der Waals surface area contributed by atoms with Crippen molar-refractivity contribution in [2.24, 2.45) is 28.7 Å². The van der Waals surface area contributed by atoms with Gasteiger partial charge in [-0.15, -0.1) is 0 Å². The molecular weight excluding hydrogens is 1720 g/mol. The second kappa shape index (κ2) is 54.7. The molecule has 0 saturated heterocycles. The largest absolute Gasteiger partial charge is 0.508 e. The Morgan fingerprint density at radius 1 is 0.235 bits per heavy atom. The van der Waals surface area contributed by atoms with Crippen molar-refractivity contribution < 1.29 is 123 Å². The van der Waals surface area contributed by atoms with Crippen LogP contribution in [0.15, 0.2) is 146 Å². The molecule has 6 aromatic carbocycles. The highest BCUT2D eigenvalue weighted by Crippen LogP contribution is 2.22. The van der Waals surface area contributed by atoms with Crippen molar-refractivity contribution in [3.05, 3.63) is 179 Å². The van der Waals surface area contributed by atoms with Crippen molar-refractivity contribution in [2.45, 2.75) is 220 Å². The van der Waals surface area contributed by atoms with Gasteiger partial charge in [-0.25, -0.2) is 0 Å². The smallest absolute Gasteiger partial charge is 0.303 e. The van der Waals surface area contributed by atoms with Gasteiger partial charge in [-0.3, -0.25) is 76.7 Å². The third-order valence-electron chi connectivity index (χ3n) is 21.1. The summed E-state index contributed by atoms with van der Waals surface area (Å²) in [5.41, 5.74) is 30.8. The number of unbranched alkanes of at least 4 members (excludes halogenated alkanes) is 3. The lowest BCUT2D eigenvalue weighted by Gasteiger charge is -2.29. The van der Waals surface area contributed by atoms with E-state index in [1.807, 2.05) is 0 Å². The number of aromatic hydroxyl groups is 6. The predicted octanol–water partition coefficient (Wildman–Crippen LogP) is -1.69. The molecule has 6 rings (SSSR count). The average molecular weight is 1840 g/mol. The van der Waals surface area contributed by atoms with Crippen molar-refractivity contribution in [1.82, 2.24) is 63.8 Å². The highest BCUT2D eigenvalue weighted by atomic mass is 16.4. The molecule has 0 aliphatic rings. The highest BCUT2D eigenvalue weighted by Gasteiger charge is 2.39. The van der Waals surface area contributed by atoms with E-state index in [-0.39, 0.29) is 129 Å². The zero-order valence-electron chi connectivity index (χ0n) is 72.8. The summed E-state index contributed by atoms with van der Waals surface area (Å²) in [6.07, 6.45) is -5.44. The summed E-state index contributed by atoms with van der Waals surface area (Å²) in [7, 11) is 0. The van der Waals surface area contributed by atoms with Crippen LogP contribution < -0.4 is 92.5 Å². The van der Waals surface area contributed by atoms with Gasteiger partial charge in [0.2, 0.25) is 76.8 Å². The van der Waals surface area contributed by atoms with Gasteiger partial charge >= 0.3 is 17.9 Å². The minimum atomic E-state index is -1.91. The van der Waals surface area contributed by atoms with Gasteiger partial charge in [0, 0.05) is 57.8 Å². The number of nitrogens with two attached hydrogens (primary N) is 5. The Balaban J connectivity index is 1.34. The van der Waals surface area contributed by atoms with Crippen LogP contribution in [0.2, 0.25) is 0 Å². The molecule has 42 nitrogen and oxygen atoms in total. The summed E-state index contributed by atoms with van der Waals surface area (Å²) in [5, 5.41) is 122. The minimum absolute atomic E-state index is 0.0556. The van der Waals surface area contributed by atoms with Crippen LogP contribution in [-0.2, 0) is 115 Å². The van der Waals surface area contributed by atoms with E-state index in [9.17, 15) is 93.9 Å². The van der Waals surface area contributed by atoms with Crippen LogP contribution in [0.3, 0.4) is 0 Å². The normalized spacial score (nSPS) is 14.0. The van der Waals surface area contributed by atoms with E-state index in [0.29, 0.717) is 35.1 Å². The molecule has 31 N–H and O–H groups in total. The Morgan fingerprint density at radius 3 is 0.553 bits per heavy atom. The van der Waals surface area contributed by atoms with E-state index < -0.39 is 231 Å². The molecule has 0 aliphatic heterocycles. The lowest BCUT2D eigenvalue weighted by molar-refractivity contribution is -0.139. The first-order valence-corrected chi connectivity index (χ1v) is 42.9. The van der Waals surface area contributed by atoms with Gasteiger partial charge < -0.3 is 138 Å². The number of phenols is 6. The zero-order chi connectivity index (χ0) is 97.1. The molecule has 0 aromatic heterocycles. The van der Waals surface area contributed by atoms with E-state index in [1.165, 1.54) is 153 Å². The highest BCUT2D eigenvalue weighted by molar-refractivity contribution is 6.00. The first-order chi connectivity index (χ1) is 62.8. The van der Waals surface area contributed by atoms with Gasteiger partial charge in [0.05, 0.1) is 6.04 Å². The molecular formula is C90H119N17O25. The zero-order valence-corrected chi connectivity index (χ0v) is 72.8. The molecule has 13 amide bonds. The van der Waals surface area contributed by atoms with Crippen molar-refractivity contribution in [3.63, 3.8) is 0 Å². The second-order valence-corrected chi connectivity index (χ2v) is 31.8. The average Bonchev–Trinajstić information content (AvgIpc) is 0.840. The van der Waals surface area contributed by atoms with Gasteiger partial charge in [-0.2, -0.15) is 0 Å². The van der Waals surface area contributed by atoms with E-state index in [0.717, 1.165) is 0 Å². The molecule has 42 heteroatoms. The fourth-order valence-electron chi connectivity index (χ4n) is 13.7. The number of carbonyl (C=O) groups excluding carboxylic acids is 13. The van der Waals surface area contributed by atoms with E-state index in [4.69, 9.17) is 28.7 Å². The summed E-state index contributed by atoms with van der Waals surface area (Å²) in [4.78, 5) is 226. The number of primary amides is 1. The second-order valence-electron chi connectivity index (χ2n) is 31.8. The molecule has 0 fully saturated rings. The third-order valence-corrected chi connectivity index (χ3v) is 21.1. The summed E-state index contributed by atoms with van der Waals surface area (Å²) >= 11 is 0. The molecule has 0 saturated carbocycles. The van der Waals surface area contributed by atoms with Gasteiger partial charge in [-0.05, 0) is 210 Å². The molecule has 714 valence electrons. The number of hydrogen-bond acceptors (Lipinski definition) is 26. The van der Waals surface area contributed by atoms with E-state index in [2.05, 4.69) is 63.8 Å². The van der Waals surface area contributed by atoms with Crippen molar-refractivity contribution in [2.75, 3.05) is 19.6 Å². The lowest BCUT2D eigenvalue weighted by Crippen LogP contribution is -2.61. The number of carboxylic acids is 3. The number of aliphatic carboxylic acids is 3. The Hall–Kier alpha value is -14.5. The number of hydrogen-bond donors (Lipinski definition) is 26. The quantitative estimate of drug-likeness (QED) is 0.0189. The minimum Gasteiger partial charge on any atom is -0.508 e. The SMILES string of the molecule is C[C@@H](N)C(=O)N[C@@H](CCC(=O)O)C(=O)N[C@@H](Cc1ccc(O)cc1)C(=O)N[C@@H](Cc1ccc(O)cc1)C(=O)N[C@@H](CCCCN)C(=O)N[C@@H](CCC(=O)O)C(=O)N[C@@H](Cc1ccc(O)cc1)C(=O)N[C@@H](Cc1ccc(O)cc1)C(=O)N[C@@H](CCCCN)C(=O)N[C@@H](CCC(=O)O)C(=O)N[C@@H](Cc1ccc(O)cc1)C(=O)N[C@@H](Cc1ccc(O)cc1)C(=O)N[C@@H](CCCCN)C(N)=O. The molecule has 0 spiro atoms. The standard InChI is InChI=1S/C90H119N17O25/c1-50(94)79(121)97-66(35-38-75(114)115)82(124)102-72(47-54-17-29-60(111)30-18-54)89(131)106-70(45-52-13-25-58(109)26-14-52)86(128)98-64(9-3-6-42-92)81(123)101-68(37-40-77(118)119)84(126)104-74(49-56-21-33-62(113)34-22-56)90(132)107-71(46-53-15-27-59(110)28-16-53)87(129)99-65(10-4-7-43-93)80(122)100-67(36-39-76(116)117)83(125)103-73(48-55-19-31-61(112)32-20-55)88(130)105-69(44-51-11-23-57(108)24-12-51)85(127)96-63(78(95)120)8-2-5-41-91/h11-34,50,63-74,108-113H,2-10,35-49,91-94H2,1H3,(H2,95,120)(H,96,127)(H,97,121)(H,98,128)(H,99,129)(H,100,122)(H,101,123)(H,102,124)(H,103,125)(H,104,126)(H,105,130)(H,106,131)(H,107,132)(H,114,115)(H,116,117)(H,118,119)/t50-,63+,64+,65+,66+,67+,68+,69+,70+,71+,72+,73+,74+/m1/s1. The maximum Gasteiger partial charge on any atom is 0.303 e. The number of rotatable bonds is 58. The number of nitrogens with one attached hydrogen (secondary N) is 12. The molecule has 0 bridgehead atoms. The number of benzene rings is 6. The maximum atomic E-state index is 15.3. The molecule has 0 heterocycles. The van der Waals surface area contributed by atoms with Crippen molar-refractivity contribution >= 4 is 94.7 Å². The van der Waals surface area contributed by atoms with E-state index >= 15 is 28.8 Å². The maximum absolute atomic E-state index is 15.3. The van der Waals surface area contributed by atoms with Gasteiger partial charge in [0.25, 0.3) is 0 Å². The Morgan fingerprint density at radius 2 is 0.386 bits per heavy atom. The molecule has 13 atom stereocenters. The number of carbonyl (C=O) groups is 16. The number of phenolic OH excluding ortho intramolecular Hbond substituents is 6. The predicted molar refractivity (Wildman–Crippen MR) is 476 cm³/mol. The fourth-order valence-corrected chi connectivity index (χ4v) is 13.7. The Bertz CT molecular complexity index is 4860. The van der Waals surface area contributed by atoms with Crippen LogP contribution in [0.25, 0.3) is 0 Å². The third kappa shape index (κ3) is 38.0. The number of carboxylic acid groups (broad SMARTS) is 3. The van der Waals surface area contributed by atoms with Crippen molar-refractivity contribution in [3.8, 4) is 34.5 Å². The van der Waals surface area contributed by atoms with Gasteiger partial charge in [-0.1, -0.05) is 72.8 Å². The first kappa shape index (κ1) is 106. The van der Waals surface area contributed by atoms with Crippen molar-refractivity contribution in [1.29, 1.82) is 0 Å². The molecule has 0 radical (unpaired) electrons. The van der Waals surface area contributed by atoms with Crippen LogP contribution in [0.4, 0.5) is 0 Å². The van der Waals surface area contributed by atoms with E-state index in [1.54, 1.807) is 0 Å². The Labute approximate surface area is 759 Å². The van der Waals surface area contributed by atoms with Crippen LogP contribution >= 0.6 is 0 Å². The number of amides is 13. The fraction of sp³-hybridized carbons (Fsp3) is 0.422. The summed E-state index contributed by atoms with van der Waals surface area (Å²) in [6.45, 7) is 1.68. The summed E-state index contributed by atoms with van der Waals surface area (Å²) in [6, 6.07) is 10.8. The monoisotopic (exact) mass is 1840 g/mol. The van der Waals surface area contributed by atoms with Crippen LogP contribution in [-0.4, -0.2) is 239 Å². The lowest BCUT2D eigenvalue weighted by atomic mass is 10.00. The summed E-state index contributed by atoms with van der Waals surface area (Å²) in [5.74, 6) is -19.3. The summed E-state index contributed by atoms with van der Waals surface area (Å²) < 4.78 is 0. The molecule has 132 heavy (non-hydrogen) atoms.